The van der Waals surface area contributed by atoms with E-state index < -0.39 is 24.2 Å². The van der Waals surface area contributed by atoms with Crippen molar-refractivity contribution in [2.75, 3.05) is 6.54 Å². The van der Waals surface area contributed by atoms with E-state index in [2.05, 4.69) is 0 Å². The number of nitrogens with zero attached hydrogens (tertiary/aromatic N) is 1. The van der Waals surface area contributed by atoms with Gasteiger partial charge >= 0.3 is 5.97 Å². The molecule has 1 amide bonds. The van der Waals surface area contributed by atoms with E-state index in [1.807, 2.05) is 6.07 Å². The molecule has 0 atom stereocenters. The number of benzene rings is 2. The molecule has 0 spiro atoms. The first-order valence-corrected chi connectivity index (χ1v) is 8.66. The third-order valence-corrected chi connectivity index (χ3v) is 4.77. The number of amides is 1. The summed E-state index contributed by atoms with van der Waals surface area (Å²) in [4.78, 5) is 24.4. The number of carboxylic acids is 1. The fraction of sp³-hybridized carbons (Fsp3) is 0.0556. The predicted molar refractivity (Wildman–Crippen MR) is 100 cm³/mol. The van der Waals surface area contributed by atoms with Crippen LogP contribution in [0.4, 0.5) is 4.39 Å². The number of halogens is 1. The van der Waals surface area contributed by atoms with Gasteiger partial charge in [-0.2, -0.15) is 0 Å². The second-order valence-corrected chi connectivity index (χ2v) is 6.94. The van der Waals surface area contributed by atoms with Crippen LogP contribution in [0.15, 0.2) is 53.4 Å². The molecule has 132 valence electrons. The Morgan fingerprint density at radius 1 is 1.27 bits per heavy atom. The molecule has 5 nitrogen and oxygen atoms in total. The minimum atomic E-state index is -1.15. The molecule has 26 heavy (non-hydrogen) atoms. The van der Waals surface area contributed by atoms with E-state index >= 15 is 0 Å². The molecule has 1 fully saturated rings. The van der Waals surface area contributed by atoms with Crippen LogP contribution in [0.3, 0.4) is 0 Å². The van der Waals surface area contributed by atoms with Crippen molar-refractivity contribution in [1.82, 2.24) is 4.90 Å². The molecule has 0 aliphatic carbocycles. The highest BCUT2D eigenvalue weighted by Crippen LogP contribution is 2.33. The molecule has 2 aromatic carbocycles. The van der Waals surface area contributed by atoms with E-state index in [0.717, 1.165) is 16.7 Å². The van der Waals surface area contributed by atoms with Gasteiger partial charge in [-0.3, -0.25) is 14.5 Å². The highest BCUT2D eigenvalue weighted by atomic mass is 32.2. The molecule has 1 aliphatic rings. The van der Waals surface area contributed by atoms with Gasteiger partial charge in [0.15, 0.2) is 11.6 Å². The van der Waals surface area contributed by atoms with Crippen LogP contribution in [0.1, 0.15) is 5.56 Å². The summed E-state index contributed by atoms with van der Waals surface area (Å²) in [5, 5.41) is 8.85. The molecular weight excluding hydrogens is 377 g/mol. The first-order valence-electron chi connectivity index (χ1n) is 7.43. The number of carboxylic acid groups (broad SMARTS) is 1. The molecule has 0 radical (unpaired) electrons. The maximum atomic E-state index is 14.0. The molecule has 8 heteroatoms. The van der Waals surface area contributed by atoms with Crippen molar-refractivity contribution >= 4 is 46.3 Å². The number of rotatable bonds is 5. The van der Waals surface area contributed by atoms with Gasteiger partial charge < -0.3 is 9.84 Å². The number of thioether (sulfide) groups is 1. The molecule has 1 saturated heterocycles. The smallest absolute Gasteiger partial charge is 0.323 e. The first-order chi connectivity index (χ1) is 12.4. The zero-order chi connectivity index (χ0) is 18.7. The van der Waals surface area contributed by atoms with Crippen LogP contribution in [-0.2, 0) is 9.59 Å². The molecular formula is C18H12FNO4S2. The maximum absolute atomic E-state index is 14.0. The Balaban J connectivity index is 1.85. The first kappa shape index (κ1) is 18.1. The van der Waals surface area contributed by atoms with E-state index in [0.29, 0.717) is 11.3 Å². The van der Waals surface area contributed by atoms with Crippen LogP contribution in [0.5, 0.6) is 11.5 Å². The van der Waals surface area contributed by atoms with Crippen molar-refractivity contribution in [1.29, 1.82) is 0 Å². The van der Waals surface area contributed by atoms with Crippen molar-refractivity contribution in [3.8, 4) is 11.5 Å². The maximum Gasteiger partial charge on any atom is 0.323 e. The second-order valence-electron chi connectivity index (χ2n) is 5.27. The summed E-state index contributed by atoms with van der Waals surface area (Å²) in [6.07, 6.45) is 1.53. The Labute approximate surface area is 158 Å². The van der Waals surface area contributed by atoms with Crippen LogP contribution < -0.4 is 4.74 Å². The zero-order valence-corrected chi connectivity index (χ0v) is 14.8. The van der Waals surface area contributed by atoms with E-state index in [-0.39, 0.29) is 15.0 Å². The average Bonchev–Trinajstić information content (AvgIpc) is 2.86. The molecule has 1 heterocycles. The van der Waals surface area contributed by atoms with Crippen LogP contribution in [0.2, 0.25) is 0 Å². The summed E-state index contributed by atoms with van der Waals surface area (Å²) in [5.74, 6) is -1.67. The molecule has 2 aromatic rings. The Hall–Kier alpha value is -2.71. The minimum Gasteiger partial charge on any atom is -0.480 e. The summed E-state index contributed by atoms with van der Waals surface area (Å²) in [7, 11) is 0. The predicted octanol–water partition coefficient (Wildman–Crippen LogP) is 3.90. The van der Waals surface area contributed by atoms with E-state index in [9.17, 15) is 14.0 Å². The summed E-state index contributed by atoms with van der Waals surface area (Å²) in [6, 6.07) is 13.0. The third kappa shape index (κ3) is 4.09. The Morgan fingerprint density at radius 3 is 2.69 bits per heavy atom. The lowest BCUT2D eigenvalue weighted by Gasteiger charge is -2.10. The number of ether oxygens (including phenoxy) is 1. The normalized spacial score (nSPS) is 15.6. The standard InChI is InChI=1S/C18H12FNO4S2/c19-13-7-6-11(8-14(13)24-12-4-2-1-3-5-12)9-15-17(23)20(10-16(21)22)18(25)26-15/h1-9H,10H2,(H,21,22). The molecule has 1 aliphatic heterocycles. The van der Waals surface area contributed by atoms with E-state index in [1.165, 1.54) is 24.3 Å². The van der Waals surface area contributed by atoms with Crippen molar-refractivity contribution in [3.05, 3.63) is 64.8 Å². The van der Waals surface area contributed by atoms with Gasteiger partial charge in [-0.05, 0) is 35.9 Å². The lowest BCUT2D eigenvalue weighted by molar-refractivity contribution is -0.140. The Bertz CT molecular complexity index is 915. The van der Waals surface area contributed by atoms with E-state index in [1.54, 1.807) is 24.3 Å². The fourth-order valence-corrected chi connectivity index (χ4v) is 3.48. The van der Waals surface area contributed by atoms with Crippen molar-refractivity contribution in [2.24, 2.45) is 0 Å². The van der Waals surface area contributed by atoms with Crippen LogP contribution in [0, 0.1) is 5.82 Å². The molecule has 3 rings (SSSR count). The second kappa shape index (κ2) is 7.67. The number of carbonyl (C=O) groups excluding carboxylic acids is 1. The van der Waals surface area contributed by atoms with Gasteiger partial charge in [-0.1, -0.05) is 48.2 Å². The largest absolute Gasteiger partial charge is 0.480 e. The Morgan fingerprint density at radius 2 is 2.00 bits per heavy atom. The zero-order valence-electron chi connectivity index (χ0n) is 13.2. The molecule has 0 bridgehead atoms. The van der Waals surface area contributed by atoms with Gasteiger partial charge in [0.05, 0.1) is 4.91 Å². The quantitative estimate of drug-likeness (QED) is 0.618. The number of carbonyl (C=O) groups is 2. The number of hydrogen-bond donors (Lipinski definition) is 1. The number of aliphatic carboxylic acids is 1. The molecule has 0 saturated carbocycles. The van der Waals surface area contributed by atoms with Gasteiger partial charge in [-0.25, -0.2) is 4.39 Å². The fourth-order valence-electron chi connectivity index (χ4n) is 2.23. The summed E-state index contributed by atoms with van der Waals surface area (Å²) in [5.41, 5.74) is 0.535. The minimum absolute atomic E-state index is 0.0194. The third-order valence-electron chi connectivity index (χ3n) is 3.39. The summed E-state index contributed by atoms with van der Waals surface area (Å²) in [6.45, 7) is -0.492. The summed E-state index contributed by atoms with van der Waals surface area (Å²) < 4.78 is 19.7. The lowest BCUT2D eigenvalue weighted by Crippen LogP contribution is -2.33. The van der Waals surface area contributed by atoms with Crippen LogP contribution in [-0.4, -0.2) is 32.7 Å². The molecule has 1 N–H and O–H groups in total. The number of thiocarbonyl (C=S) groups is 1. The van der Waals surface area contributed by atoms with Crippen molar-refractivity contribution in [2.45, 2.75) is 0 Å². The monoisotopic (exact) mass is 389 g/mol. The van der Waals surface area contributed by atoms with Crippen LogP contribution in [0.25, 0.3) is 6.08 Å². The van der Waals surface area contributed by atoms with Gasteiger partial charge in [-0.15, -0.1) is 0 Å². The Kier molecular flexibility index (Phi) is 5.34. The molecule has 0 unspecified atom stereocenters. The van der Waals surface area contributed by atoms with Gasteiger partial charge in [0.1, 0.15) is 16.6 Å². The van der Waals surface area contributed by atoms with E-state index in [4.69, 9.17) is 22.1 Å². The highest BCUT2D eigenvalue weighted by Gasteiger charge is 2.33. The summed E-state index contributed by atoms with van der Waals surface area (Å²) >= 11 is 6.05. The lowest BCUT2D eigenvalue weighted by atomic mass is 10.2. The van der Waals surface area contributed by atoms with Crippen molar-refractivity contribution in [3.63, 3.8) is 0 Å². The topological polar surface area (TPSA) is 66.8 Å². The van der Waals surface area contributed by atoms with Gasteiger partial charge in [0.2, 0.25) is 0 Å². The highest BCUT2D eigenvalue weighted by molar-refractivity contribution is 8.26. The van der Waals surface area contributed by atoms with Crippen molar-refractivity contribution < 1.29 is 23.8 Å². The van der Waals surface area contributed by atoms with Gasteiger partial charge in [0.25, 0.3) is 5.91 Å². The van der Waals surface area contributed by atoms with Crippen LogP contribution >= 0.6 is 24.0 Å². The molecule has 0 aromatic heterocycles. The number of hydrogen-bond acceptors (Lipinski definition) is 5. The van der Waals surface area contributed by atoms with Gasteiger partial charge in [0, 0.05) is 0 Å². The number of para-hydroxylation sites is 1. The SMILES string of the molecule is O=C(O)CN1C(=O)C(=Cc2ccc(F)c(Oc3ccccc3)c2)SC1=S. The average molecular weight is 389 g/mol.